The maximum atomic E-state index is 4.94. The second kappa shape index (κ2) is 6.95. The van der Waals surface area contributed by atoms with Crippen LogP contribution in [-0.2, 0) is 6.54 Å². The van der Waals surface area contributed by atoms with Gasteiger partial charge < -0.3 is 14.8 Å². The van der Waals surface area contributed by atoms with Gasteiger partial charge in [0.2, 0.25) is 5.95 Å². The molecule has 2 aromatic carbocycles. The smallest absolute Gasteiger partial charge is 0.206 e. The zero-order valence-electron chi connectivity index (χ0n) is 13.6. The van der Waals surface area contributed by atoms with Gasteiger partial charge in [-0.05, 0) is 42.8 Å². The SMILES string of the molecule is Brc1ccc(Cn2c(N3CCCNCC3)nc3ccccc32)cc1. The number of anilines is 1. The molecule has 5 heteroatoms. The highest BCUT2D eigenvalue weighted by molar-refractivity contribution is 9.10. The number of imidazole rings is 1. The van der Waals surface area contributed by atoms with Crippen LogP contribution in [0.5, 0.6) is 0 Å². The molecule has 3 aromatic rings. The summed E-state index contributed by atoms with van der Waals surface area (Å²) in [5.74, 6) is 1.09. The third kappa shape index (κ3) is 3.19. The maximum absolute atomic E-state index is 4.94. The highest BCUT2D eigenvalue weighted by atomic mass is 79.9. The molecule has 2 heterocycles. The topological polar surface area (TPSA) is 33.1 Å². The van der Waals surface area contributed by atoms with Crippen LogP contribution in [0.4, 0.5) is 5.95 Å². The number of halogens is 1. The van der Waals surface area contributed by atoms with Gasteiger partial charge in [-0.25, -0.2) is 4.98 Å². The third-order valence-corrected chi connectivity index (χ3v) is 5.04. The van der Waals surface area contributed by atoms with Gasteiger partial charge in [0.15, 0.2) is 0 Å². The van der Waals surface area contributed by atoms with Gasteiger partial charge in [0, 0.05) is 24.1 Å². The second-order valence-corrected chi connectivity index (χ2v) is 7.12. The zero-order valence-corrected chi connectivity index (χ0v) is 15.2. The number of nitrogens with zero attached hydrogens (tertiary/aromatic N) is 3. The van der Waals surface area contributed by atoms with E-state index in [0.29, 0.717) is 0 Å². The molecule has 24 heavy (non-hydrogen) atoms. The molecule has 0 spiro atoms. The first-order valence-corrected chi connectivity index (χ1v) is 9.26. The van der Waals surface area contributed by atoms with Crippen molar-refractivity contribution in [3.05, 3.63) is 58.6 Å². The molecule has 0 saturated carbocycles. The number of aromatic nitrogens is 2. The lowest BCUT2D eigenvalue weighted by atomic mass is 10.2. The number of hydrogen-bond acceptors (Lipinski definition) is 3. The summed E-state index contributed by atoms with van der Waals surface area (Å²) in [4.78, 5) is 7.36. The summed E-state index contributed by atoms with van der Waals surface area (Å²) in [5, 5.41) is 3.47. The molecule has 0 atom stereocenters. The molecular weight excluding hydrogens is 364 g/mol. The van der Waals surface area contributed by atoms with Crippen molar-refractivity contribution in [1.82, 2.24) is 14.9 Å². The van der Waals surface area contributed by atoms with Crippen molar-refractivity contribution in [2.24, 2.45) is 0 Å². The first-order valence-electron chi connectivity index (χ1n) is 8.47. The highest BCUT2D eigenvalue weighted by Gasteiger charge is 2.18. The Morgan fingerprint density at radius 3 is 2.71 bits per heavy atom. The van der Waals surface area contributed by atoms with Crippen molar-refractivity contribution in [2.75, 3.05) is 31.1 Å². The summed E-state index contributed by atoms with van der Waals surface area (Å²) < 4.78 is 3.46. The van der Waals surface area contributed by atoms with Crippen molar-refractivity contribution in [3.8, 4) is 0 Å². The first kappa shape index (κ1) is 15.7. The molecule has 1 saturated heterocycles. The molecule has 1 N–H and O–H groups in total. The third-order valence-electron chi connectivity index (χ3n) is 4.51. The molecule has 1 aliphatic rings. The quantitative estimate of drug-likeness (QED) is 0.747. The average Bonchev–Trinajstić information content (AvgIpc) is 2.78. The first-order chi connectivity index (χ1) is 11.8. The van der Waals surface area contributed by atoms with Gasteiger partial charge in [-0.1, -0.05) is 40.2 Å². The average molecular weight is 385 g/mol. The van der Waals surface area contributed by atoms with Crippen molar-refractivity contribution < 1.29 is 0 Å². The number of benzene rings is 2. The largest absolute Gasteiger partial charge is 0.341 e. The molecule has 1 aliphatic heterocycles. The number of hydrogen-bond donors (Lipinski definition) is 1. The van der Waals surface area contributed by atoms with Gasteiger partial charge >= 0.3 is 0 Å². The van der Waals surface area contributed by atoms with Crippen LogP contribution in [-0.4, -0.2) is 35.7 Å². The monoisotopic (exact) mass is 384 g/mol. The summed E-state index contributed by atoms with van der Waals surface area (Å²) in [7, 11) is 0. The molecule has 1 aromatic heterocycles. The Labute approximate surface area is 150 Å². The Kier molecular flexibility index (Phi) is 4.54. The van der Waals surface area contributed by atoms with Gasteiger partial charge in [-0.3, -0.25) is 0 Å². The van der Waals surface area contributed by atoms with Gasteiger partial charge in [-0.2, -0.15) is 0 Å². The Hall–Kier alpha value is -1.85. The van der Waals surface area contributed by atoms with Crippen molar-refractivity contribution in [3.63, 3.8) is 0 Å². The summed E-state index contributed by atoms with van der Waals surface area (Å²) in [5.41, 5.74) is 3.56. The van der Waals surface area contributed by atoms with E-state index in [-0.39, 0.29) is 0 Å². The predicted octanol–water partition coefficient (Wildman–Crippen LogP) is 3.65. The van der Waals surface area contributed by atoms with E-state index in [0.717, 1.165) is 55.1 Å². The lowest BCUT2D eigenvalue weighted by Crippen LogP contribution is -2.30. The van der Waals surface area contributed by atoms with E-state index in [1.54, 1.807) is 0 Å². The second-order valence-electron chi connectivity index (χ2n) is 6.20. The van der Waals surface area contributed by atoms with Gasteiger partial charge in [0.05, 0.1) is 17.6 Å². The van der Waals surface area contributed by atoms with Crippen LogP contribution in [0, 0.1) is 0 Å². The predicted molar refractivity (Wildman–Crippen MR) is 103 cm³/mol. The minimum Gasteiger partial charge on any atom is -0.341 e. The Bertz CT molecular complexity index is 817. The van der Waals surface area contributed by atoms with Crippen LogP contribution < -0.4 is 10.2 Å². The molecule has 0 radical (unpaired) electrons. The van der Waals surface area contributed by atoms with Crippen LogP contribution in [0.3, 0.4) is 0 Å². The molecule has 4 nitrogen and oxygen atoms in total. The van der Waals surface area contributed by atoms with E-state index in [4.69, 9.17) is 4.98 Å². The fourth-order valence-electron chi connectivity index (χ4n) is 3.28. The number of nitrogens with one attached hydrogen (secondary N) is 1. The molecule has 0 bridgehead atoms. The molecular formula is C19H21BrN4. The Morgan fingerprint density at radius 2 is 1.83 bits per heavy atom. The fraction of sp³-hybridized carbons (Fsp3) is 0.316. The van der Waals surface area contributed by atoms with E-state index < -0.39 is 0 Å². The van der Waals surface area contributed by atoms with Crippen LogP contribution in [0.2, 0.25) is 0 Å². The van der Waals surface area contributed by atoms with Gasteiger partial charge in [0.1, 0.15) is 0 Å². The molecule has 0 aliphatic carbocycles. The fourth-order valence-corrected chi connectivity index (χ4v) is 3.54. The molecule has 1 fully saturated rings. The Morgan fingerprint density at radius 1 is 1.00 bits per heavy atom. The molecule has 4 rings (SSSR count). The van der Waals surface area contributed by atoms with Crippen molar-refractivity contribution >= 4 is 32.9 Å². The van der Waals surface area contributed by atoms with Gasteiger partial charge in [-0.15, -0.1) is 0 Å². The lowest BCUT2D eigenvalue weighted by Gasteiger charge is -2.22. The maximum Gasteiger partial charge on any atom is 0.206 e. The highest BCUT2D eigenvalue weighted by Crippen LogP contribution is 2.25. The van der Waals surface area contributed by atoms with E-state index in [2.05, 4.69) is 79.2 Å². The summed E-state index contributed by atoms with van der Waals surface area (Å²) in [6.45, 7) is 5.00. The lowest BCUT2D eigenvalue weighted by molar-refractivity contribution is 0.721. The van der Waals surface area contributed by atoms with Crippen LogP contribution >= 0.6 is 15.9 Å². The number of rotatable bonds is 3. The number of para-hydroxylation sites is 2. The van der Waals surface area contributed by atoms with Gasteiger partial charge in [0.25, 0.3) is 0 Å². The van der Waals surface area contributed by atoms with E-state index in [1.165, 1.54) is 11.1 Å². The van der Waals surface area contributed by atoms with Crippen molar-refractivity contribution in [1.29, 1.82) is 0 Å². The minimum atomic E-state index is 0.840. The molecule has 0 amide bonds. The van der Waals surface area contributed by atoms with E-state index >= 15 is 0 Å². The molecule has 0 unspecified atom stereocenters. The summed E-state index contributed by atoms with van der Waals surface area (Å²) >= 11 is 3.51. The normalized spacial score (nSPS) is 15.6. The van der Waals surface area contributed by atoms with E-state index in [9.17, 15) is 0 Å². The van der Waals surface area contributed by atoms with E-state index in [1.807, 2.05) is 0 Å². The van der Waals surface area contributed by atoms with Crippen LogP contribution in [0.25, 0.3) is 11.0 Å². The summed E-state index contributed by atoms with van der Waals surface area (Å²) in [6.07, 6.45) is 1.15. The summed E-state index contributed by atoms with van der Waals surface area (Å²) in [6, 6.07) is 17.0. The Balaban J connectivity index is 1.76. The number of fused-ring (bicyclic) bond motifs is 1. The minimum absolute atomic E-state index is 0.840. The van der Waals surface area contributed by atoms with Crippen molar-refractivity contribution in [2.45, 2.75) is 13.0 Å². The van der Waals surface area contributed by atoms with Crippen LogP contribution in [0.15, 0.2) is 53.0 Å². The van der Waals surface area contributed by atoms with Crippen LogP contribution in [0.1, 0.15) is 12.0 Å². The zero-order chi connectivity index (χ0) is 16.4. The molecule has 124 valence electrons. The standard InChI is InChI=1S/C19H21BrN4/c20-16-8-6-15(7-9-16)14-24-18-5-2-1-4-17(18)22-19(24)23-12-3-10-21-11-13-23/h1-2,4-9,21H,3,10-14H2.